The van der Waals surface area contributed by atoms with E-state index in [9.17, 15) is 13.2 Å². The number of benzene rings is 1. The van der Waals surface area contributed by atoms with Crippen molar-refractivity contribution in [2.75, 3.05) is 25.0 Å². The maximum absolute atomic E-state index is 14.2. The van der Waals surface area contributed by atoms with Gasteiger partial charge >= 0.3 is 12.6 Å². The van der Waals surface area contributed by atoms with Gasteiger partial charge in [-0.3, -0.25) is 0 Å². The minimum absolute atomic E-state index is 0.166. The van der Waals surface area contributed by atoms with Gasteiger partial charge in [-0.15, -0.1) is 6.42 Å². The molecule has 4 aromatic heterocycles. The van der Waals surface area contributed by atoms with Crippen LogP contribution in [0.2, 0.25) is 0 Å². The lowest BCUT2D eigenvalue weighted by Crippen LogP contribution is -2.54. The second-order valence-electron chi connectivity index (χ2n) is 9.16. The maximum Gasteiger partial charge on any atom is 0.333 e. The van der Waals surface area contributed by atoms with Crippen LogP contribution in [0.1, 0.15) is 17.7 Å². The number of halogens is 3. The third-order valence-corrected chi connectivity index (χ3v) is 6.60. The first-order chi connectivity index (χ1) is 19.4. The Labute approximate surface area is 227 Å². The van der Waals surface area contributed by atoms with Crippen molar-refractivity contribution in [2.45, 2.75) is 12.7 Å². The van der Waals surface area contributed by atoms with Crippen molar-refractivity contribution in [1.29, 1.82) is 0 Å². The highest BCUT2D eigenvalue weighted by Gasteiger charge is 2.30. The van der Waals surface area contributed by atoms with Crippen LogP contribution in [0.3, 0.4) is 0 Å². The first-order valence-electron chi connectivity index (χ1n) is 12.3. The Morgan fingerprint density at radius 3 is 2.55 bits per heavy atom. The largest absolute Gasteiger partial charge is 0.484 e. The fraction of sp³-hybridized carbons (Fsp3) is 0.172. The van der Waals surface area contributed by atoms with Crippen LogP contribution in [0.15, 0.2) is 67.4 Å². The van der Waals surface area contributed by atoms with E-state index in [2.05, 4.69) is 32.0 Å². The Kier molecular flexibility index (Phi) is 6.33. The van der Waals surface area contributed by atoms with Gasteiger partial charge in [0.05, 0.1) is 31.0 Å². The van der Waals surface area contributed by atoms with E-state index in [1.54, 1.807) is 42.3 Å². The van der Waals surface area contributed by atoms with Crippen LogP contribution in [0, 0.1) is 24.2 Å². The number of rotatable bonds is 6. The first-order valence-corrected chi connectivity index (χ1v) is 12.3. The minimum atomic E-state index is -2.74. The molecule has 0 saturated carbocycles. The van der Waals surface area contributed by atoms with Crippen LogP contribution in [0.5, 0.6) is 5.75 Å². The summed E-state index contributed by atoms with van der Waals surface area (Å²) in [6.45, 7) is -1.64. The smallest absolute Gasteiger partial charge is 0.333 e. The van der Waals surface area contributed by atoms with E-state index in [1.807, 2.05) is 23.1 Å². The van der Waals surface area contributed by atoms with E-state index in [0.29, 0.717) is 40.0 Å². The molecule has 0 aliphatic carbocycles. The van der Waals surface area contributed by atoms with Crippen molar-refractivity contribution in [3.63, 3.8) is 0 Å². The zero-order valence-corrected chi connectivity index (χ0v) is 21.2. The number of fused-ring (bicyclic) bond motifs is 1. The van der Waals surface area contributed by atoms with Gasteiger partial charge in [-0.2, -0.15) is 19.0 Å². The predicted molar refractivity (Wildman–Crippen MR) is 144 cm³/mol. The molecule has 0 atom stereocenters. The zero-order valence-electron chi connectivity index (χ0n) is 21.2. The molecule has 198 valence electrons. The molecule has 0 radical (unpaired) electrons. The van der Waals surface area contributed by atoms with Crippen molar-refractivity contribution in [2.24, 2.45) is 0 Å². The minimum Gasteiger partial charge on any atom is -0.484 e. The van der Waals surface area contributed by atoms with Crippen LogP contribution in [-0.4, -0.2) is 50.6 Å². The number of terminal acetylenes is 1. The highest BCUT2D eigenvalue weighted by molar-refractivity contribution is 5.87. The summed E-state index contributed by atoms with van der Waals surface area (Å²) in [7, 11) is 1.62. The molecule has 1 aliphatic heterocycles. The number of pyridine rings is 2. The lowest BCUT2D eigenvalue weighted by molar-refractivity contribution is 0.0566. The monoisotopic (exact) mass is 540 g/mol. The number of alkyl halides is 2. The molecule has 1 aliphatic rings. The average Bonchev–Trinajstić information content (AvgIpc) is 3.59. The SMILES string of the molecule is C#Cc1ccc(OC2CN(c3ccc(-c4cc(-c5cnn(C(F)F)c5)cn5ncc(C#[N+]C)c45)cn3)C2)c(F)c1. The maximum atomic E-state index is 14.2. The average molecular weight is 541 g/mol. The Morgan fingerprint density at radius 1 is 1.02 bits per heavy atom. The number of hydrogen-bond donors (Lipinski definition) is 0. The summed E-state index contributed by atoms with van der Waals surface area (Å²) < 4.78 is 48.5. The van der Waals surface area contributed by atoms with Gasteiger partial charge in [0.15, 0.2) is 11.6 Å². The number of aromatic nitrogens is 5. The van der Waals surface area contributed by atoms with Crippen molar-refractivity contribution < 1.29 is 17.9 Å². The van der Waals surface area contributed by atoms with Crippen molar-refractivity contribution in [1.82, 2.24) is 24.4 Å². The molecular weight excluding hydrogens is 519 g/mol. The van der Waals surface area contributed by atoms with Crippen LogP contribution >= 0.6 is 0 Å². The molecule has 1 saturated heterocycles. The van der Waals surface area contributed by atoms with Gasteiger partial charge in [0.1, 0.15) is 17.5 Å². The van der Waals surface area contributed by atoms with Crippen LogP contribution in [0.25, 0.3) is 32.6 Å². The van der Waals surface area contributed by atoms with E-state index >= 15 is 0 Å². The summed E-state index contributed by atoms with van der Waals surface area (Å²) in [5.41, 5.74) is 4.64. The predicted octanol–water partition coefficient (Wildman–Crippen LogP) is 5.35. The fourth-order valence-corrected chi connectivity index (χ4v) is 4.59. The number of hydrogen-bond acceptors (Lipinski definition) is 5. The molecule has 0 amide bonds. The van der Waals surface area contributed by atoms with E-state index in [0.717, 1.165) is 22.5 Å². The number of nitrogens with zero attached hydrogens (tertiary/aromatic N) is 7. The molecule has 1 aromatic carbocycles. The Hall–Kier alpha value is -5.29. The van der Waals surface area contributed by atoms with Gasteiger partial charge < -0.3 is 9.64 Å². The molecule has 11 heteroatoms. The summed E-state index contributed by atoms with van der Waals surface area (Å²) in [5, 5.41) is 8.17. The van der Waals surface area contributed by atoms with E-state index < -0.39 is 12.4 Å². The highest BCUT2D eigenvalue weighted by Crippen LogP contribution is 2.33. The summed E-state index contributed by atoms with van der Waals surface area (Å²) in [4.78, 5) is 10.7. The van der Waals surface area contributed by atoms with Gasteiger partial charge in [-0.1, -0.05) is 10.8 Å². The first kappa shape index (κ1) is 25.0. The lowest BCUT2D eigenvalue weighted by atomic mass is 10.0. The van der Waals surface area contributed by atoms with Crippen molar-refractivity contribution in [3.05, 3.63) is 89.2 Å². The molecule has 5 heterocycles. The second-order valence-corrected chi connectivity index (χ2v) is 9.16. The Bertz CT molecular complexity index is 1820. The molecule has 0 spiro atoms. The number of ether oxygens (including phenoxy) is 1. The summed E-state index contributed by atoms with van der Waals surface area (Å²) in [5.74, 6) is 2.82. The van der Waals surface area contributed by atoms with Crippen LogP contribution in [0.4, 0.5) is 19.0 Å². The number of anilines is 1. The normalized spacial score (nSPS) is 13.2. The summed E-state index contributed by atoms with van der Waals surface area (Å²) >= 11 is 0. The van der Waals surface area contributed by atoms with Gasteiger partial charge in [-0.25, -0.2) is 18.6 Å². The Morgan fingerprint density at radius 2 is 1.88 bits per heavy atom. The molecule has 0 bridgehead atoms. The molecule has 0 unspecified atom stereocenters. The molecule has 0 N–H and O–H groups in total. The fourth-order valence-electron chi connectivity index (χ4n) is 4.59. The van der Waals surface area contributed by atoms with Crippen molar-refractivity contribution in [3.8, 4) is 46.4 Å². The molecular formula is C29H21F3N7O+. The van der Waals surface area contributed by atoms with Gasteiger partial charge in [0.25, 0.3) is 7.05 Å². The zero-order chi connectivity index (χ0) is 27.8. The Balaban J connectivity index is 1.26. The molecule has 1 fully saturated rings. The van der Waals surface area contributed by atoms with E-state index in [4.69, 9.17) is 11.2 Å². The quantitative estimate of drug-likeness (QED) is 0.272. The summed E-state index contributed by atoms with van der Waals surface area (Å²) in [6.07, 6.45) is 12.9. The van der Waals surface area contributed by atoms with Crippen molar-refractivity contribution >= 4 is 11.3 Å². The van der Waals surface area contributed by atoms with E-state index in [-0.39, 0.29) is 11.9 Å². The second kappa shape index (κ2) is 10.1. The third kappa shape index (κ3) is 4.58. The standard InChI is InChI=1S/C29H21F3N7O/c1-3-18-4-6-26(25(30)8-18)40-23-16-37(17-23)27-7-5-19(11-34-27)24-9-20(22-13-36-39(15-22)29(31)32)14-38-28(24)21(10-33-2)12-35-38/h1,4-9,11-15,23,29H,16-17H2,2H3/q+1. The van der Waals surface area contributed by atoms with Gasteiger partial charge in [0.2, 0.25) is 0 Å². The van der Waals surface area contributed by atoms with Crippen LogP contribution in [-0.2, 0) is 0 Å². The topological polar surface area (TPSA) is 64.8 Å². The molecule has 8 nitrogen and oxygen atoms in total. The highest BCUT2D eigenvalue weighted by atomic mass is 19.3. The summed E-state index contributed by atoms with van der Waals surface area (Å²) in [6, 6.07) is 13.1. The molecule has 40 heavy (non-hydrogen) atoms. The molecule has 6 rings (SSSR count). The van der Waals surface area contributed by atoms with Gasteiger partial charge in [0, 0.05) is 46.4 Å². The van der Waals surface area contributed by atoms with E-state index in [1.165, 1.54) is 18.5 Å². The van der Waals surface area contributed by atoms with Crippen LogP contribution < -0.4 is 9.64 Å². The lowest BCUT2D eigenvalue weighted by Gasteiger charge is -2.39. The molecule has 5 aromatic rings. The van der Waals surface area contributed by atoms with Gasteiger partial charge in [-0.05, 0) is 36.4 Å². The third-order valence-electron chi connectivity index (χ3n) is 6.60.